The second-order valence-electron chi connectivity index (χ2n) is 4.61. The molecule has 0 saturated carbocycles. The molecule has 1 N–H and O–H groups in total. The predicted octanol–water partition coefficient (Wildman–Crippen LogP) is 2.15. The zero-order valence-electron chi connectivity index (χ0n) is 11.1. The second kappa shape index (κ2) is 5.20. The molecule has 0 aliphatic heterocycles. The molecule has 1 heterocycles. The quantitative estimate of drug-likeness (QED) is 0.798. The van der Waals surface area contributed by atoms with Crippen LogP contribution in [0.4, 0.5) is 0 Å². The third-order valence-corrected chi connectivity index (χ3v) is 3.23. The molecule has 0 radical (unpaired) electrons. The summed E-state index contributed by atoms with van der Waals surface area (Å²) in [4.78, 5) is 27.2. The number of carbonyl (C=O) groups is 1. The Morgan fingerprint density at radius 3 is 2.43 bits per heavy atom. The topological polar surface area (TPSA) is 72.2 Å². The molecule has 0 aliphatic carbocycles. The van der Waals surface area contributed by atoms with Crippen molar-refractivity contribution in [1.82, 2.24) is 9.55 Å². The molecule has 0 aliphatic rings. The Hall–Kier alpha value is -2.95. The molecule has 3 rings (SSSR count). The lowest BCUT2D eigenvalue weighted by atomic mass is 10.1. The van der Waals surface area contributed by atoms with Crippen LogP contribution in [-0.4, -0.2) is 20.6 Å². The molecule has 0 atom stereocenters. The van der Waals surface area contributed by atoms with Gasteiger partial charge in [0.25, 0.3) is 0 Å². The van der Waals surface area contributed by atoms with E-state index in [0.29, 0.717) is 11.2 Å². The maximum Gasteiger partial charge on any atom is 0.349 e. The summed E-state index contributed by atoms with van der Waals surface area (Å²) in [5, 5.41) is 9.70. The Labute approximate surface area is 120 Å². The predicted molar refractivity (Wildman–Crippen MR) is 79.1 cm³/mol. The minimum Gasteiger partial charge on any atom is -0.480 e. The van der Waals surface area contributed by atoms with E-state index in [9.17, 15) is 9.59 Å². The number of benzene rings is 2. The number of hydrogen-bond donors (Lipinski definition) is 1. The number of rotatable bonds is 3. The first-order valence-corrected chi connectivity index (χ1v) is 6.43. The number of hydrogen-bond acceptors (Lipinski definition) is 3. The van der Waals surface area contributed by atoms with Gasteiger partial charge in [-0.1, -0.05) is 48.5 Å². The summed E-state index contributed by atoms with van der Waals surface area (Å²) < 4.78 is 1.17. The van der Waals surface area contributed by atoms with E-state index in [-0.39, 0.29) is 0 Å². The third-order valence-electron chi connectivity index (χ3n) is 3.23. The van der Waals surface area contributed by atoms with Crippen molar-refractivity contribution in [2.45, 2.75) is 6.54 Å². The largest absolute Gasteiger partial charge is 0.480 e. The molecule has 2 aromatic carbocycles. The van der Waals surface area contributed by atoms with Crippen LogP contribution in [0.25, 0.3) is 22.2 Å². The Balaban J connectivity index is 2.34. The average molecular weight is 280 g/mol. The van der Waals surface area contributed by atoms with Gasteiger partial charge in [-0.3, -0.25) is 9.36 Å². The van der Waals surface area contributed by atoms with Crippen LogP contribution < -0.4 is 5.69 Å². The highest BCUT2D eigenvalue weighted by atomic mass is 16.4. The highest BCUT2D eigenvalue weighted by Crippen LogP contribution is 2.24. The van der Waals surface area contributed by atoms with Gasteiger partial charge in [0.05, 0.1) is 11.2 Å². The minimum atomic E-state index is -1.07. The van der Waals surface area contributed by atoms with Crippen LogP contribution in [0.1, 0.15) is 0 Å². The van der Waals surface area contributed by atoms with Crippen LogP contribution in [0.15, 0.2) is 59.4 Å². The molecule has 1 aromatic heterocycles. The van der Waals surface area contributed by atoms with Gasteiger partial charge < -0.3 is 5.11 Å². The third kappa shape index (κ3) is 2.41. The number of nitrogens with zero attached hydrogens (tertiary/aromatic N) is 2. The SMILES string of the molecule is O=C(O)Cn1c(=O)nc(-c2ccccc2)c2ccccc21. The molecule has 0 fully saturated rings. The van der Waals surface area contributed by atoms with Crippen LogP contribution in [0.5, 0.6) is 0 Å². The Morgan fingerprint density at radius 2 is 1.71 bits per heavy atom. The van der Waals surface area contributed by atoms with Crippen molar-refractivity contribution in [1.29, 1.82) is 0 Å². The first-order chi connectivity index (χ1) is 10.2. The first-order valence-electron chi connectivity index (χ1n) is 6.43. The number of para-hydroxylation sites is 1. The van der Waals surface area contributed by atoms with Crippen molar-refractivity contribution in [2.75, 3.05) is 0 Å². The van der Waals surface area contributed by atoms with E-state index in [4.69, 9.17) is 5.11 Å². The molecule has 0 bridgehead atoms. The summed E-state index contributed by atoms with van der Waals surface area (Å²) in [6.45, 7) is -0.401. The lowest BCUT2D eigenvalue weighted by molar-refractivity contribution is -0.137. The molecule has 3 aromatic rings. The number of aromatic nitrogens is 2. The van der Waals surface area contributed by atoms with Crippen LogP contribution in [-0.2, 0) is 11.3 Å². The number of carboxylic acids is 1. The van der Waals surface area contributed by atoms with Crippen molar-refractivity contribution in [2.24, 2.45) is 0 Å². The van der Waals surface area contributed by atoms with E-state index in [1.165, 1.54) is 4.57 Å². The molecular formula is C16H12N2O3. The fourth-order valence-corrected chi connectivity index (χ4v) is 2.33. The van der Waals surface area contributed by atoms with Gasteiger partial charge in [-0.05, 0) is 6.07 Å². The molecule has 104 valence electrons. The summed E-state index contributed by atoms with van der Waals surface area (Å²) in [7, 11) is 0. The summed E-state index contributed by atoms with van der Waals surface area (Å²) >= 11 is 0. The zero-order chi connectivity index (χ0) is 14.8. The molecule has 21 heavy (non-hydrogen) atoms. The Morgan fingerprint density at radius 1 is 1.05 bits per heavy atom. The zero-order valence-corrected chi connectivity index (χ0v) is 11.1. The van der Waals surface area contributed by atoms with Gasteiger partial charge in [0, 0.05) is 10.9 Å². The van der Waals surface area contributed by atoms with E-state index in [1.807, 2.05) is 42.5 Å². The van der Waals surface area contributed by atoms with Gasteiger partial charge in [-0.25, -0.2) is 4.79 Å². The van der Waals surface area contributed by atoms with E-state index >= 15 is 0 Å². The van der Waals surface area contributed by atoms with Crippen molar-refractivity contribution in [3.8, 4) is 11.3 Å². The lowest BCUT2D eigenvalue weighted by Crippen LogP contribution is -2.27. The van der Waals surface area contributed by atoms with Crippen LogP contribution in [0.3, 0.4) is 0 Å². The first kappa shape index (κ1) is 13.1. The summed E-state index contributed by atoms with van der Waals surface area (Å²) in [5.41, 5.74) is 1.40. The summed E-state index contributed by atoms with van der Waals surface area (Å²) in [6, 6.07) is 16.5. The van der Waals surface area contributed by atoms with E-state index in [1.54, 1.807) is 12.1 Å². The molecule has 5 nitrogen and oxygen atoms in total. The van der Waals surface area contributed by atoms with Gasteiger partial charge in [0.1, 0.15) is 6.54 Å². The van der Waals surface area contributed by atoms with Gasteiger partial charge in [-0.2, -0.15) is 4.98 Å². The summed E-state index contributed by atoms with van der Waals surface area (Å²) in [5.74, 6) is -1.07. The molecule has 0 amide bonds. The van der Waals surface area contributed by atoms with Crippen LogP contribution in [0, 0.1) is 0 Å². The number of carboxylic acid groups (broad SMARTS) is 1. The second-order valence-corrected chi connectivity index (χ2v) is 4.61. The smallest absolute Gasteiger partial charge is 0.349 e. The van der Waals surface area contributed by atoms with Crippen LogP contribution >= 0.6 is 0 Å². The molecule has 5 heteroatoms. The Bertz CT molecular complexity index is 870. The average Bonchev–Trinajstić information content (AvgIpc) is 2.50. The minimum absolute atomic E-state index is 0.401. The highest BCUT2D eigenvalue weighted by molar-refractivity contribution is 5.92. The normalized spacial score (nSPS) is 10.7. The van der Waals surface area contributed by atoms with Crippen molar-refractivity contribution in [3.05, 3.63) is 65.1 Å². The lowest BCUT2D eigenvalue weighted by Gasteiger charge is -2.11. The van der Waals surface area contributed by atoms with E-state index < -0.39 is 18.2 Å². The highest BCUT2D eigenvalue weighted by Gasteiger charge is 2.13. The van der Waals surface area contributed by atoms with Crippen molar-refractivity contribution >= 4 is 16.9 Å². The maximum absolute atomic E-state index is 12.2. The van der Waals surface area contributed by atoms with Crippen molar-refractivity contribution < 1.29 is 9.90 Å². The van der Waals surface area contributed by atoms with E-state index in [2.05, 4.69) is 4.98 Å². The van der Waals surface area contributed by atoms with Gasteiger partial charge in [0.2, 0.25) is 0 Å². The molecule has 0 saturated heterocycles. The van der Waals surface area contributed by atoms with Crippen LogP contribution in [0.2, 0.25) is 0 Å². The molecule has 0 spiro atoms. The fraction of sp³-hybridized carbons (Fsp3) is 0.0625. The number of fused-ring (bicyclic) bond motifs is 1. The fourth-order valence-electron chi connectivity index (χ4n) is 2.33. The number of aliphatic carboxylic acids is 1. The molecular weight excluding hydrogens is 268 g/mol. The molecule has 0 unspecified atom stereocenters. The van der Waals surface area contributed by atoms with Gasteiger partial charge in [0.15, 0.2) is 0 Å². The standard InChI is InChI=1S/C16H12N2O3/c19-14(20)10-18-13-9-5-4-8-12(13)15(17-16(18)21)11-6-2-1-3-7-11/h1-9H,10H2,(H,19,20). The monoisotopic (exact) mass is 280 g/mol. The van der Waals surface area contributed by atoms with Gasteiger partial charge in [-0.15, -0.1) is 0 Å². The maximum atomic E-state index is 12.2. The summed E-state index contributed by atoms with van der Waals surface area (Å²) in [6.07, 6.45) is 0. The Kier molecular flexibility index (Phi) is 3.23. The van der Waals surface area contributed by atoms with E-state index in [0.717, 1.165) is 10.9 Å². The van der Waals surface area contributed by atoms with Gasteiger partial charge >= 0.3 is 11.7 Å². The van der Waals surface area contributed by atoms with Crippen molar-refractivity contribution in [3.63, 3.8) is 0 Å².